The lowest BCUT2D eigenvalue weighted by atomic mass is 9.85. The van der Waals surface area contributed by atoms with Crippen LogP contribution in [-0.4, -0.2) is 30.8 Å². The van der Waals surface area contributed by atoms with E-state index in [1.807, 2.05) is 0 Å². The summed E-state index contributed by atoms with van der Waals surface area (Å²) >= 11 is 0. The highest BCUT2D eigenvalue weighted by Gasteiger charge is 2.39. The van der Waals surface area contributed by atoms with Gasteiger partial charge in [-0.25, -0.2) is 0 Å². The fourth-order valence-corrected chi connectivity index (χ4v) is 4.47. The molecule has 0 saturated heterocycles. The van der Waals surface area contributed by atoms with Crippen molar-refractivity contribution in [3.8, 4) is 22.6 Å². The van der Waals surface area contributed by atoms with Crippen LogP contribution in [0.5, 0.6) is 0 Å². The summed E-state index contributed by atoms with van der Waals surface area (Å²) in [7, 11) is 0. The number of hydrogen-bond donors (Lipinski definition) is 2. The first-order valence-electron chi connectivity index (χ1n) is 10.6. The van der Waals surface area contributed by atoms with Gasteiger partial charge in [0.15, 0.2) is 5.69 Å². The van der Waals surface area contributed by atoms with Crippen molar-refractivity contribution in [1.29, 1.82) is 0 Å². The minimum absolute atomic E-state index is 0.0264. The van der Waals surface area contributed by atoms with E-state index in [2.05, 4.69) is 20.3 Å². The maximum atomic E-state index is 13.8. The lowest BCUT2D eigenvalue weighted by Crippen LogP contribution is -2.31. The minimum Gasteiger partial charge on any atom is -0.420 e. The van der Waals surface area contributed by atoms with Crippen LogP contribution < -0.4 is 11.3 Å². The molecule has 8 nitrogen and oxygen atoms in total. The van der Waals surface area contributed by atoms with E-state index in [0.29, 0.717) is 16.1 Å². The standard InChI is InChI=1S/C22H21F3N6O2/c1-11-15(20-29-28-19(33-20)13-9-5-6-10-14(13)26)21(32)31-18(27-11)16(12-7-3-2-4-8-12)17(30-31)22(23,24)25/h2-4,7-8,13-14,27H,5-6,9-10,26H2,1H3. The Balaban J connectivity index is 1.68. The number of aryl methyl sites for hydroxylation is 1. The van der Waals surface area contributed by atoms with Crippen molar-refractivity contribution in [1.82, 2.24) is 24.8 Å². The van der Waals surface area contributed by atoms with E-state index >= 15 is 0 Å². The number of hydrogen-bond acceptors (Lipinski definition) is 6. The first-order chi connectivity index (χ1) is 15.8. The van der Waals surface area contributed by atoms with Gasteiger partial charge in [-0.2, -0.15) is 22.8 Å². The van der Waals surface area contributed by atoms with Crippen molar-refractivity contribution in [3.05, 3.63) is 58.0 Å². The highest BCUT2D eigenvalue weighted by molar-refractivity contribution is 5.81. The maximum Gasteiger partial charge on any atom is 0.435 e. The lowest BCUT2D eigenvalue weighted by molar-refractivity contribution is -0.140. The second-order valence-corrected chi connectivity index (χ2v) is 8.28. The molecular weight excluding hydrogens is 437 g/mol. The van der Waals surface area contributed by atoms with Crippen LogP contribution in [0.15, 0.2) is 39.5 Å². The number of aromatic nitrogens is 5. The molecule has 0 aliphatic heterocycles. The van der Waals surface area contributed by atoms with Gasteiger partial charge in [0, 0.05) is 11.7 Å². The molecule has 5 rings (SSSR count). The number of nitrogens with zero attached hydrogens (tertiary/aromatic N) is 4. The Morgan fingerprint density at radius 1 is 1.12 bits per heavy atom. The van der Waals surface area contributed by atoms with E-state index in [4.69, 9.17) is 10.2 Å². The predicted molar refractivity (Wildman–Crippen MR) is 113 cm³/mol. The summed E-state index contributed by atoms with van der Waals surface area (Å²) in [6.45, 7) is 1.57. The fourth-order valence-electron chi connectivity index (χ4n) is 4.47. The molecule has 1 aromatic carbocycles. The quantitative estimate of drug-likeness (QED) is 0.479. The van der Waals surface area contributed by atoms with E-state index in [1.54, 1.807) is 25.1 Å². The van der Waals surface area contributed by atoms with Gasteiger partial charge < -0.3 is 15.1 Å². The molecule has 172 valence electrons. The molecule has 1 saturated carbocycles. The SMILES string of the molecule is Cc1[nH]c2c(-c3ccccc3)c(C(F)(F)F)nn2c(=O)c1-c1nnc(C2CCCCC2N)o1. The average Bonchev–Trinajstić information content (AvgIpc) is 3.40. The number of rotatable bonds is 3. The van der Waals surface area contributed by atoms with Gasteiger partial charge in [-0.15, -0.1) is 10.2 Å². The van der Waals surface area contributed by atoms with Crippen molar-refractivity contribution in [2.75, 3.05) is 0 Å². The van der Waals surface area contributed by atoms with Gasteiger partial charge in [0.1, 0.15) is 11.2 Å². The number of aromatic amines is 1. The summed E-state index contributed by atoms with van der Waals surface area (Å²) in [5.41, 5.74) is 4.55. The average molecular weight is 458 g/mol. The summed E-state index contributed by atoms with van der Waals surface area (Å²) < 4.78 is 48.0. The molecule has 11 heteroatoms. The molecule has 0 amide bonds. The normalized spacial score (nSPS) is 19.3. The molecule has 0 bridgehead atoms. The molecule has 2 unspecified atom stereocenters. The second-order valence-electron chi connectivity index (χ2n) is 8.28. The Labute approximate surface area is 185 Å². The van der Waals surface area contributed by atoms with Crippen LogP contribution in [-0.2, 0) is 6.18 Å². The number of nitrogens with two attached hydrogens (primary N) is 1. The molecule has 0 radical (unpaired) electrons. The van der Waals surface area contributed by atoms with Gasteiger partial charge in [-0.3, -0.25) is 4.79 Å². The van der Waals surface area contributed by atoms with E-state index in [1.165, 1.54) is 12.1 Å². The maximum absolute atomic E-state index is 13.8. The van der Waals surface area contributed by atoms with Crippen molar-refractivity contribution < 1.29 is 17.6 Å². The molecule has 3 heterocycles. The number of alkyl halides is 3. The molecule has 1 aliphatic carbocycles. The van der Waals surface area contributed by atoms with Crippen molar-refractivity contribution in [2.45, 2.75) is 50.7 Å². The number of H-pyrrole nitrogens is 1. The molecule has 3 aromatic heterocycles. The monoisotopic (exact) mass is 458 g/mol. The molecule has 1 fully saturated rings. The summed E-state index contributed by atoms with van der Waals surface area (Å²) in [6, 6.07) is 7.88. The van der Waals surface area contributed by atoms with E-state index < -0.39 is 17.4 Å². The number of benzene rings is 1. The highest BCUT2D eigenvalue weighted by Crippen LogP contribution is 2.38. The third kappa shape index (κ3) is 3.62. The first-order valence-corrected chi connectivity index (χ1v) is 10.6. The van der Waals surface area contributed by atoms with Gasteiger partial charge in [-0.05, 0) is 25.3 Å². The van der Waals surface area contributed by atoms with Crippen molar-refractivity contribution >= 4 is 5.65 Å². The third-order valence-corrected chi connectivity index (χ3v) is 6.09. The zero-order valence-corrected chi connectivity index (χ0v) is 17.7. The van der Waals surface area contributed by atoms with E-state index in [0.717, 1.165) is 25.7 Å². The topological polar surface area (TPSA) is 115 Å². The number of fused-ring (bicyclic) bond motifs is 1. The Kier molecular flexibility index (Phi) is 5.08. The number of halogens is 3. The van der Waals surface area contributed by atoms with Crippen LogP contribution in [0.1, 0.15) is 48.9 Å². The second kappa shape index (κ2) is 7.84. The molecule has 4 aromatic rings. The number of nitrogens with one attached hydrogen (secondary N) is 1. The smallest absolute Gasteiger partial charge is 0.420 e. The largest absolute Gasteiger partial charge is 0.435 e. The Morgan fingerprint density at radius 3 is 2.55 bits per heavy atom. The van der Waals surface area contributed by atoms with Gasteiger partial charge >= 0.3 is 6.18 Å². The van der Waals surface area contributed by atoms with Crippen LogP contribution in [0, 0.1) is 6.92 Å². The van der Waals surface area contributed by atoms with Gasteiger partial charge in [0.05, 0.1) is 11.5 Å². The fraction of sp³-hybridized carbons (Fsp3) is 0.364. The third-order valence-electron chi connectivity index (χ3n) is 6.09. The van der Waals surface area contributed by atoms with Crippen molar-refractivity contribution in [2.24, 2.45) is 5.73 Å². The zero-order chi connectivity index (χ0) is 23.3. The summed E-state index contributed by atoms with van der Waals surface area (Å²) in [5.74, 6) is 0.139. The Hall–Kier alpha value is -3.47. The zero-order valence-electron chi connectivity index (χ0n) is 17.7. The van der Waals surface area contributed by atoms with Gasteiger partial charge in [0.25, 0.3) is 11.4 Å². The molecule has 0 spiro atoms. The van der Waals surface area contributed by atoms with Crippen LogP contribution in [0.3, 0.4) is 0 Å². The molecule has 1 aliphatic rings. The first kappa shape index (κ1) is 21.4. The minimum atomic E-state index is -4.76. The summed E-state index contributed by atoms with van der Waals surface area (Å²) in [5, 5.41) is 11.7. The van der Waals surface area contributed by atoms with Crippen LogP contribution in [0.4, 0.5) is 13.2 Å². The Bertz CT molecular complexity index is 1370. The summed E-state index contributed by atoms with van der Waals surface area (Å²) in [4.78, 5) is 16.2. The lowest BCUT2D eigenvalue weighted by Gasteiger charge is -2.25. The molecule has 3 N–H and O–H groups in total. The van der Waals surface area contributed by atoms with Crippen molar-refractivity contribution in [3.63, 3.8) is 0 Å². The predicted octanol–water partition coefficient (Wildman–Crippen LogP) is 4.05. The summed E-state index contributed by atoms with van der Waals surface area (Å²) in [6.07, 6.45) is -1.12. The highest BCUT2D eigenvalue weighted by atomic mass is 19.4. The van der Waals surface area contributed by atoms with Crippen LogP contribution in [0.2, 0.25) is 0 Å². The molecule has 33 heavy (non-hydrogen) atoms. The molecule has 2 atom stereocenters. The van der Waals surface area contributed by atoms with Gasteiger partial charge in [-0.1, -0.05) is 43.2 Å². The Morgan fingerprint density at radius 2 is 1.85 bits per heavy atom. The van der Waals surface area contributed by atoms with E-state index in [-0.39, 0.29) is 40.2 Å². The van der Waals surface area contributed by atoms with Crippen LogP contribution >= 0.6 is 0 Å². The van der Waals surface area contributed by atoms with Crippen LogP contribution in [0.25, 0.3) is 28.2 Å². The van der Waals surface area contributed by atoms with E-state index in [9.17, 15) is 18.0 Å². The van der Waals surface area contributed by atoms with Gasteiger partial charge in [0.2, 0.25) is 5.89 Å². The molecular formula is C22H21F3N6O2.